The Balaban J connectivity index is 3.16. The number of halogens is 2. The zero-order valence-corrected chi connectivity index (χ0v) is 13.4. The minimum Gasteiger partial charge on any atom is -0.480 e. The minimum absolute atomic E-state index is 0.0146. The van der Waals surface area contributed by atoms with E-state index < -0.39 is 27.9 Å². The molecular weight excluding hydrogens is 321 g/mol. The lowest BCUT2D eigenvalue weighted by molar-refractivity contribution is -0.139. The van der Waals surface area contributed by atoms with Crippen molar-refractivity contribution in [3.05, 3.63) is 28.5 Å². The summed E-state index contributed by atoms with van der Waals surface area (Å²) in [5.41, 5.74) is 0.107. The molecule has 0 saturated carbocycles. The fourth-order valence-corrected chi connectivity index (χ4v) is 3.56. The van der Waals surface area contributed by atoms with Crippen molar-refractivity contribution in [3.63, 3.8) is 0 Å². The van der Waals surface area contributed by atoms with Gasteiger partial charge in [-0.3, -0.25) is 4.79 Å². The maximum absolute atomic E-state index is 13.3. The van der Waals surface area contributed by atoms with Crippen molar-refractivity contribution in [2.75, 3.05) is 0 Å². The number of aliphatic carboxylic acids is 1. The molecule has 1 aromatic carbocycles. The maximum Gasteiger partial charge on any atom is 0.321 e. The van der Waals surface area contributed by atoms with Crippen molar-refractivity contribution in [2.24, 2.45) is 5.92 Å². The number of carbonyl (C=O) groups is 1. The van der Waals surface area contributed by atoms with Gasteiger partial charge in [-0.15, -0.1) is 0 Å². The van der Waals surface area contributed by atoms with E-state index in [1.165, 1.54) is 6.92 Å². The highest BCUT2D eigenvalue weighted by Crippen LogP contribution is 2.25. The first-order valence-electron chi connectivity index (χ1n) is 6.25. The van der Waals surface area contributed by atoms with E-state index in [2.05, 4.69) is 4.72 Å². The second kappa shape index (κ2) is 6.72. The Morgan fingerprint density at radius 2 is 2.00 bits per heavy atom. The standard InChI is InChI=1S/C13H17ClFNO4S/c1-7(2)4-11(13(17)18)16-21(19,20)12-5-8(3)10(15)6-9(12)14/h5-7,11,16H,4H2,1-3H3,(H,17,18). The van der Waals surface area contributed by atoms with Gasteiger partial charge in [0.05, 0.1) is 5.02 Å². The topological polar surface area (TPSA) is 83.5 Å². The van der Waals surface area contributed by atoms with E-state index in [1.54, 1.807) is 13.8 Å². The molecular formula is C13H17ClFNO4S. The number of aryl methyl sites for hydroxylation is 1. The molecule has 0 radical (unpaired) electrons. The van der Waals surface area contributed by atoms with Crippen LogP contribution < -0.4 is 4.72 Å². The monoisotopic (exact) mass is 337 g/mol. The summed E-state index contributed by atoms with van der Waals surface area (Å²) in [4.78, 5) is 10.8. The first kappa shape index (κ1) is 17.9. The lowest BCUT2D eigenvalue weighted by Crippen LogP contribution is -2.41. The van der Waals surface area contributed by atoms with Crippen LogP contribution in [-0.4, -0.2) is 25.5 Å². The van der Waals surface area contributed by atoms with Crippen LogP contribution in [0.2, 0.25) is 5.02 Å². The second-order valence-corrected chi connectivity index (χ2v) is 7.26. The fraction of sp³-hybridized carbons (Fsp3) is 0.462. The van der Waals surface area contributed by atoms with Crippen molar-refractivity contribution >= 4 is 27.6 Å². The molecule has 1 rings (SSSR count). The molecule has 1 unspecified atom stereocenters. The van der Waals surface area contributed by atoms with Gasteiger partial charge in [-0.05, 0) is 37.0 Å². The molecule has 0 aliphatic carbocycles. The lowest BCUT2D eigenvalue weighted by Gasteiger charge is -2.17. The van der Waals surface area contributed by atoms with Gasteiger partial charge < -0.3 is 5.11 Å². The van der Waals surface area contributed by atoms with Crippen LogP contribution >= 0.6 is 11.6 Å². The Labute approximate surface area is 128 Å². The summed E-state index contributed by atoms with van der Waals surface area (Å²) in [7, 11) is -4.15. The van der Waals surface area contributed by atoms with Crippen LogP contribution in [0.1, 0.15) is 25.8 Å². The van der Waals surface area contributed by atoms with Crippen LogP contribution in [0, 0.1) is 18.7 Å². The maximum atomic E-state index is 13.3. The summed E-state index contributed by atoms with van der Waals surface area (Å²) in [6.07, 6.45) is 0.131. The SMILES string of the molecule is Cc1cc(S(=O)(=O)NC(CC(C)C)C(=O)O)c(Cl)cc1F. The first-order valence-corrected chi connectivity index (χ1v) is 8.11. The van der Waals surface area contributed by atoms with Gasteiger partial charge in [0, 0.05) is 0 Å². The van der Waals surface area contributed by atoms with Crippen LogP contribution in [0.5, 0.6) is 0 Å². The van der Waals surface area contributed by atoms with Crippen LogP contribution in [0.25, 0.3) is 0 Å². The van der Waals surface area contributed by atoms with Crippen molar-refractivity contribution in [2.45, 2.75) is 38.1 Å². The molecule has 0 aliphatic rings. The summed E-state index contributed by atoms with van der Waals surface area (Å²) in [5.74, 6) is -1.92. The molecule has 5 nitrogen and oxygen atoms in total. The Bertz CT molecular complexity index is 646. The molecule has 0 aromatic heterocycles. The molecule has 8 heteroatoms. The average molecular weight is 338 g/mol. The van der Waals surface area contributed by atoms with Gasteiger partial charge in [-0.25, -0.2) is 12.8 Å². The molecule has 0 spiro atoms. The molecule has 1 aromatic rings. The number of hydrogen-bond donors (Lipinski definition) is 2. The summed E-state index contributed by atoms with van der Waals surface area (Å²) in [5, 5.41) is 8.79. The van der Waals surface area contributed by atoms with E-state index in [0.717, 1.165) is 12.1 Å². The summed E-state index contributed by atoms with van der Waals surface area (Å²) < 4.78 is 39.9. The fourth-order valence-electron chi connectivity index (χ4n) is 1.76. The highest BCUT2D eigenvalue weighted by Gasteiger charge is 2.28. The third-order valence-electron chi connectivity index (χ3n) is 2.81. The predicted molar refractivity (Wildman–Crippen MR) is 77.3 cm³/mol. The third kappa shape index (κ3) is 4.66. The lowest BCUT2D eigenvalue weighted by atomic mass is 10.1. The van der Waals surface area contributed by atoms with Crippen LogP contribution in [0.4, 0.5) is 4.39 Å². The molecule has 0 fully saturated rings. The largest absolute Gasteiger partial charge is 0.480 e. The number of carboxylic acid groups (broad SMARTS) is 1. The smallest absolute Gasteiger partial charge is 0.321 e. The zero-order chi connectivity index (χ0) is 16.4. The molecule has 0 amide bonds. The van der Waals surface area contributed by atoms with Crippen molar-refractivity contribution in [1.82, 2.24) is 4.72 Å². The molecule has 118 valence electrons. The van der Waals surface area contributed by atoms with Gasteiger partial charge in [0.15, 0.2) is 0 Å². The van der Waals surface area contributed by atoms with E-state index in [4.69, 9.17) is 16.7 Å². The van der Waals surface area contributed by atoms with E-state index in [9.17, 15) is 17.6 Å². The predicted octanol–water partition coefficient (Wildman–Crippen LogP) is 2.57. The zero-order valence-electron chi connectivity index (χ0n) is 11.9. The van der Waals surface area contributed by atoms with E-state index in [1.807, 2.05) is 0 Å². The Kier molecular flexibility index (Phi) is 5.72. The molecule has 2 N–H and O–H groups in total. The molecule has 0 heterocycles. The highest BCUT2D eigenvalue weighted by atomic mass is 35.5. The summed E-state index contributed by atoms with van der Waals surface area (Å²) >= 11 is 5.75. The van der Waals surface area contributed by atoms with Crippen molar-refractivity contribution in [3.8, 4) is 0 Å². The Hall–Kier alpha value is -1.18. The molecule has 1 atom stereocenters. The van der Waals surface area contributed by atoms with Crippen molar-refractivity contribution in [1.29, 1.82) is 0 Å². The molecule has 0 saturated heterocycles. The van der Waals surface area contributed by atoms with Gasteiger partial charge in [0.1, 0.15) is 16.8 Å². The van der Waals surface area contributed by atoms with Gasteiger partial charge in [0.2, 0.25) is 10.0 Å². The van der Waals surface area contributed by atoms with Crippen LogP contribution in [0.3, 0.4) is 0 Å². The second-order valence-electron chi connectivity index (χ2n) is 5.17. The van der Waals surface area contributed by atoms with Gasteiger partial charge in [-0.2, -0.15) is 4.72 Å². The first-order chi connectivity index (χ1) is 9.54. The molecule has 0 aliphatic heterocycles. The number of nitrogens with one attached hydrogen (secondary N) is 1. The number of benzene rings is 1. The Morgan fingerprint density at radius 1 is 1.43 bits per heavy atom. The highest BCUT2D eigenvalue weighted by molar-refractivity contribution is 7.89. The normalized spacial score (nSPS) is 13.4. The minimum atomic E-state index is -4.15. The van der Waals surface area contributed by atoms with Crippen LogP contribution in [0.15, 0.2) is 17.0 Å². The number of hydrogen-bond acceptors (Lipinski definition) is 3. The molecule has 21 heavy (non-hydrogen) atoms. The summed E-state index contributed by atoms with van der Waals surface area (Å²) in [6, 6.07) is 0.703. The number of rotatable bonds is 6. The van der Waals surface area contributed by atoms with Crippen LogP contribution in [-0.2, 0) is 14.8 Å². The molecule has 0 bridgehead atoms. The van der Waals surface area contributed by atoms with E-state index in [0.29, 0.717) is 0 Å². The summed E-state index contributed by atoms with van der Waals surface area (Å²) in [6.45, 7) is 4.95. The van der Waals surface area contributed by atoms with Gasteiger partial charge in [0.25, 0.3) is 0 Å². The van der Waals surface area contributed by atoms with Gasteiger partial charge >= 0.3 is 5.97 Å². The van der Waals surface area contributed by atoms with Crippen molar-refractivity contribution < 1.29 is 22.7 Å². The number of carboxylic acids is 1. The number of sulfonamides is 1. The third-order valence-corrected chi connectivity index (χ3v) is 4.74. The average Bonchev–Trinajstić information content (AvgIpc) is 2.31. The Morgan fingerprint density at radius 3 is 2.48 bits per heavy atom. The van der Waals surface area contributed by atoms with E-state index in [-0.39, 0.29) is 27.8 Å². The van der Waals surface area contributed by atoms with Gasteiger partial charge in [-0.1, -0.05) is 25.4 Å². The quantitative estimate of drug-likeness (QED) is 0.835. The van der Waals surface area contributed by atoms with E-state index >= 15 is 0 Å².